The molecule has 0 spiro atoms. The lowest BCUT2D eigenvalue weighted by Crippen LogP contribution is -2.44. The number of hydrogen-bond donors (Lipinski definition) is 1. The van der Waals surface area contributed by atoms with Gasteiger partial charge < -0.3 is 14.8 Å². The van der Waals surface area contributed by atoms with Crippen molar-refractivity contribution in [2.45, 2.75) is 63.1 Å². The van der Waals surface area contributed by atoms with Crippen molar-refractivity contribution >= 4 is 22.8 Å². The Labute approximate surface area is 330 Å². The molecule has 3 aromatic carbocycles. The van der Waals surface area contributed by atoms with Crippen LogP contribution in [0.3, 0.4) is 0 Å². The van der Waals surface area contributed by atoms with Crippen LogP contribution in [0.1, 0.15) is 67.0 Å². The van der Waals surface area contributed by atoms with E-state index >= 15 is 0 Å². The average Bonchev–Trinajstić information content (AvgIpc) is 3.79. The van der Waals surface area contributed by atoms with Crippen LogP contribution < -0.4 is 5.32 Å². The first-order chi connectivity index (χ1) is 27.8. The summed E-state index contributed by atoms with van der Waals surface area (Å²) >= 11 is 0. The molecule has 11 rings (SSSR count). The maximum Gasteiger partial charge on any atom is 0.129 e. The molecule has 0 amide bonds. The Hall–Kier alpha value is -5.87. The Kier molecular flexibility index (Phi) is 8.37. The molecule has 0 bridgehead atoms. The van der Waals surface area contributed by atoms with Crippen molar-refractivity contribution < 1.29 is 0 Å². The predicted molar refractivity (Wildman–Crippen MR) is 231 cm³/mol. The molecule has 1 N–H and O–H groups in total. The molecule has 0 radical (unpaired) electrons. The van der Waals surface area contributed by atoms with E-state index in [1.54, 1.807) is 0 Å². The summed E-state index contributed by atoms with van der Waals surface area (Å²) < 4.78 is 2.53. The van der Waals surface area contributed by atoms with Crippen LogP contribution in [0, 0.1) is 17.8 Å². The summed E-state index contributed by atoms with van der Waals surface area (Å²) in [4.78, 5) is 8.03. The van der Waals surface area contributed by atoms with Crippen molar-refractivity contribution in [1.82, 2.24) is 14.8 Å². The van der Waals surface area contributed by atoms with Crippen LogP contribution in [0.25, 0.3) is 22.7 Å². The highest BCUT2D eigenvalue weighted by molar-refractivity contribution is 6.00. The number of rotatable bonds is 6. The number of aliphatic imine (C=N–C) groups is 1. The minimum absolute atomic E-state index is 0.120. The quantitative estimate of drug-likeness (QED) is 0.214. The molecule has 6 unspecified atom stereocenters. The standard InChI is InChI=1S/C52H48N4/c1-4-15-35(16-5-1)46-34-47(36-17-6-2-7-18-36)54-52(53-46)39-19-14-22-41(31-39)56-49-26-13-11-24-43(49)45-33-38(28-30-51(45)56)37-27-29-50-44(32-37)42-23-10-12-25-48(42)55(50)40-20-8-3-9-21-40/h1-2,4-8,10-17,19-27,29,31,33,36,42,44,46-48H,3,9,18,28,30,32,34H2,(H,53,54). The molecule has 1 saturated heterocycles. The SMILES string of the molecule is C1=CCC(C2CC(c3ccccc3)N=C(c3cccc(-n4c5c(c6ccccc64)C=C(C4=CC=C6C(C4)C4C=CC=CC4N6C4=CCCC=C4)CC5)c3)N2)C=C1. The molecule has 0 saturated carbocycles. The number of benzene rings is 3. The number of para-hydroxylation sites is 1. The van der Waals surface area contributed by atoms with Crippen molar-refractivity contribution in [1.29, 1.82) is 0 Å². The van der Waals surface area contributed by atoms with Crippen LogP contribution in [0.15, 0.2) is 185 Å². The van der Waals surface area contributed by atoms with Gasteiger partial charge in [0, 0.05) is 63.1 Å². The summed E-state index contributed by atoms with van der Waals surface area (Å²) in [7, 11) is 0. The molecule has 5 aliphatic carbocycles. The summed E-state index contributed by atoms with van der Waals surface area (Å²) in [6.45, 7) is 0. The van der Waals surface area contributed by atoms with Crippen molar-refractivity contribution in [3.05, 3.63) is 203 Å². The Morgan fingerprint density at radius 3 is 2.55 bits per heavy atom. The minimum atomic E-state index is 0.120. The van der Waals surface area contributed by atoms with Gasteiger partial charge in [-0.1, -0.05) is 127 Å². The second kappa shape index (κ2) is 14.0. The highest BCUT2D eigenvalue weighted by atomic mass is 15.2. The lowest BCUT2D eigenvalue weighted by Gasteiger charge is -2.34. The summed E-state index contributed by atoms with van der Waals surface area (Å²) in [5, 5.41) is 5.26. The highest BCUT2D eigenvalue weighted by Gasteiger charge is 2.45. The third-order valence-electron chi connectivity index (χ3n) is 13.3. The van der Waals surface area contributed by atoms with Gasteiger partial charge >= 0.3 is 0 Å². The smallest absolute Gasteiger partial charge is 0.129 e. The molecule has 1 fully saturated rings. The summed E-state index contributed by atoms with van der Waals surface area (Å²) in [6.07, 6.45) is 40.5. The van der Waals surface area contributed by atoms with E-state index in [9.17, 15) is 0 Å². The molecule has 1 aromatic heterocycles. The van der Waals surface area contributed by atoms with Crippen molar-refractivity contribution in [2.24, 2.45) is 22.7 Å². The van der Waals surface area contributed by atoms with Gasteiger partial charge in [0.1, 0.15) is 5.84 Å². The highest BCUT2D eigenvalue weighted by Crippen LogP contribution is 2.50. The molecule has 6 atom stereocenters. The van der Waals surface area contributed by atoms with Crippen molar-refractivity contribution in [3.63, 3.8) is 0 Å². The molecule has 7 aliphatic rings. The molecule has 4 nitrogen and oxygen atoms in total. The Morgan fingerprint density at radius 1 is 0.768 bits per heavy atom. The van der Waals surface area contributed by atoms with Gasteiger partial charge in [-0.2, -0.15) is 0 Å². The molecule has 4 heteroatoms. The molecule has 56 heavy (non-hydrogen) atoms. The largest absolute Gasteiger partial charge is 0.366 e. The number of allylic oxidation sites excluding steroid dienone is 13. The van der Waals surface area contributed by atoms with Gasteiger partial charge in [-0.25, -0.2) is 0 Å². The average molecular weight is 729 g/mol. The van der Waals surface area contributed by atoms with Gasteiger partial charge in [0.25, 0.3) is 0 Å². The van der Waals surface area contributed by atoms with Gasteiger partial charge in [-0.15, -0.1) is 0 Å². The number of nitrogens with one attached hydrogen (secondary N) is 1. The van der Waals surface area contributed by atoms with E-state index < -0.39 is 0 Å². The molecular weight excluding hydrogens is 681 g/mol. The third-order valence-corrected chi connectivity index (χ3v) is 13.3. The van der Waals surface area contributed by atoms with Gasteiger partial charge in [-0.05, 0) is 98.1 Å². The monoisotopic (exact) mass is 728 g/mol. The molecular formula is C52H48N4. The zero-order valence-electron chi connectivity index (χ0n) is 31.8. The second-order valence-electron chi connectivity index (χ2n) is 16.4. The second-order valence-corrected chi connectivity index (χ2v) is 16.4. The van der Waals surface area contributed by atoms with E-state index in [0.29, 0.717) is 29.8 Å². The molecule has 2 aliphatic heterocycles. The Bertz CT molecular complexity index is 2530. The first-order valence-electron chi connectivity index (χ1n) is 20.9. The van der Waals surface area contributed by atoms with Crippen molar-refractivity contribution in [2.75, 3.05) is 0 Å². The van der Waals surface area contributed by atoms with Crippen molar-refractivity contribution in [3.8, 4) is 5.69 Å². The van der Waals surface area contributed by atoms with Crippen LogP contribution >= 0.6 is 0 Å². The molecule has 3 heterocycles. The maximum atomic E-state index is 5.40. The van der Waals surface area contributed by atoms with E-state index in [0.717, 1.165) is 56.3 Å². The summed E-state index contributed by atoms with van der Waals surface area (Å²) in [6, 6.07) is 29.8. The fourth-order valence-corrected chi connectivity index (χ4v) is 10.6. The lowest BCUT2D eigenvalue weighted by atomic mass is 9.77. The fraction of sp³-hybridized carbons (Fsp3) is 0.250. The third kappa shape index (κ3) is 5.77. The number of fused-ring (bicyclic) bond motifs is 6. The van der Waals surface area contributed by atoms with E-state index in [4.69, 9.17) is 4.99 Å². The predicted octanol–water partition coefficient (Wildman–Crippen LogP) is 11.4. The van der Waals surface area contributed by atoms with E-state index in [1.165, 1.54) is 56.0 Å². The van der Waals surface area contributed by atoms with Crippen LogP contribution in [0.2, 0.25) is 0 Å². The summed E-state index contributed by atoms with van der Waals surface area (Å²) in [5.41, 5.74) is 13.5. The zero-order valence-corrected chi connectivity index (χ0v) is 31.8. The van der Waals surface area contributed by atoms with E-state index in [-0.39, 0.29) is 6.04 Å². The fourth-order valence-electron chi connectivity index (χ4n) is 10.6. The first-order valence-corrected chi connectivity index (χ1v) is 20.9. The first kappa shape index (κ1) is 33.5. The number of aromatic nitrogens is 1. The Morgan fingerprint density at radius 2 is 1.66 bits per heavy atom. The van der Waals surface area contributed by atoms with E-state index in [1.807, 2.05) is 0 Å². The molecule has 4 aromatic rings. The number of likely N-dealkylation sites (tertiary alicyclic amines) is 1. The van der Waals surface area contributed by atoms with Gasteiger partial charge in [0.15, 0.2) is 0 Å². The van der Waals surface area contributed by atoms with Crippen LogP contribution in [0.4, 0.5) is 0 Å². The maximum absolute atomic E-state index is 5.40. The summed E-state index contributed by atoms with van der Waals surface area (Å²) in [5.74, 6) is 2.43. The minimum Gasteiger partial charge on any atom is -0.366 e. The van der Waals surface area contributed by atoms with Gasteiger partial charge in [-0.3, -0.25) is 4.99 Å². The molecule has 276 valence electrons. The lowest BCUT2D eigenvalue weighted by molar-refractivity contribution is 0.386. The normalized spacial score (nSPS) is 27.4. The van der Waals surface area contributed by atoms with Crippen LogP contribution in [0.5, 0.6) is 0 Å². The van der Waals surface area contributed by atoms with Gasteiger partial charge in [0.05, 0.1) is 17.6 Å². The Balaban J connectivity index is 0.946. The topological polar surface area (TPSA) is 32.6 Å². The van der Waals surface area contributed by atoms with Crippen LogP contribution in [-0.2, 0) is 6.42 Å². The van der Waals surface area contributed by atoms with Crippen LogP contribution in [-0.4, -0.2) is 27.4 Å². The number of amidine groups is 1. The van der Waals surface area contributed by atoms with Gasteiger partial charge in [0.2, 0.25) is 0 Å². The van der Waals surface area contributed by atoms with E-state index in [2.05, 4.69) is 179 Å². The zero-order chi connectivity index (χ0) is 37.0. The number of nitrogens with zero attached hydrogens (tertiary/aromatic N) is 3. The number of hydrogen-bond acceptors (Lipinski definition) is 3.